The van der Waals surface area contributed by atoms with Crippen molar-refractivity contribution in [2.24, 2.45) is 5.73 Å². The van der Waals surface area contributed by atoms with E-state index in [0.29, 0.717) is 11.1 Å². The third-order valence-electron chi connectivity index (χ3n) is 2.48. The molecule has 0 fully saturated rings. The second-order valence-electron chi connectivity index (χ2n) is 3.96. The molecule has 0 saturated carbocycles. The van der Waals surface area contributed by atoms with Gasteiger partial charge in [0.25, 0.3) is 0 Å². The molecule has 0 aliphatic carbocycles. The average molecular weight is 266 g/mol. The largest absolute Gasteiger partial charge is 0.478 e. The molecule has 0 spiro atoms. The molecular weight excluding hydrogens is 256 g/mol. The van der Waals surface area contributed by atoms with Crippen LogP contribution < -0.4 is 5.73 Å². The summed E-state index contributed by atoms with van der Waals surface area (Å²) in [5, 5.41) is 8.88. The number of hydrogen-bond donors (Lipinski definition) is 2. The minimum Gasteiger partial charge on any atom is -0.478 e. The van der Waals surface area contributed by atoms with E-state index in [1.807, 2.05) is 0 Å². The van der Waals surface area contributed by atoms with Crippen molar-refractivity contribution >= 4 is 11.9 Å². The van der Waals surface area contributed by atoms with E-state index in [1.165, 1.54) is 30.6 Å². The van der Waals surface area contributed by atoms with E-state index in [0.717, 1.165) is 0 Å². The van der Waals surface area contributed by atoms with Gasteiger partial charge in [-0.05, 0) is 24.3 Å². The van der Waals surface area contributed by atoms with E-state index in [1.54, 1.807) is 12.1 Å². The van der Waals surface area contributed by atoms with Crippen molar-refractivity contribution in [2.45, 2.75) is 0 Å². The second kappa shape index (κ2) is 5.67. The van der Waals surface area contributed by atoms with Gasteiger partial charge in [-0.15, -0.1) is 0 Å². The summed E-state index contributed by atoms with van der Waals surface area (Å²) in [5.41, 5.74) is 6.69. The van der Waals surface area contributed by atoms with Crippen LogP contribution in [-0.2, 0) is 0 Å². The number of rotatable bonds is 2. The summed E-state index contributed by atoms with van der Waals surface area (Å²) in [5.74, 6) is 4.04. The van der Waals surface area contributed by atoms with E-state index >= 15 is 0 Å². The number of aromatic carboxylic acids is 1. The fraction of sp³-hybridized carbons (Fsp3) is 0. The van der Waals surface area contributed by atoms with Crippen LogP contribution in [0.15, 0.2) is 42.7 Å². The van der Waals surface area contributed by atoms with Gasteiger partial charge in [0.15, 0.2) is 0 Å². The zero-order chi connectivity index (χ0) is 14.5. The second-order valence-corrected chi connectivity index (χ2v) is 3.96. The molecule has 2 aromatic rings. The van der Waals surface area contributed by atoms with Crippen LogP contribution in [0.1, 0.15) is 31.8 Å². The molecule has 1 aromatic heterocycles. The molecule has 5 heteroatoms. The normalized spacial score (nSPS) is 9.40. The fourth-order valence-electron chi connectivity index (χ4n) is 1.52. The minimum absolute atomic E-state index is 0.167. The standard InChI is InChI=1S/C15H10N2O3/c16-14(18)13-7-11(8-17-9-13)5-4-10-2-1-3-12(6-10)15(19)20/h1-3,6-9H,(H2,16,18)(H,19,20). The van der Waals surface area contributed by atoms with E-state index in [2.05, 4.69) is 16.8 Å². The van der Waals surface area contributed by atoms with E-state index in [9.17, 15) is 9.59 Å². The highest BCUT2D eigenvalue weighted by Gasteiger charge is 2.02. The Balaban J connectivity index is 2.31. The first-order valence-electron chi connectivity index (χ1n) is 5.66. The summed E-state index contributed by atoms with van der Waals surface area (Å²) in [6, 6.07) is 7.81. The molecule has 0 unspecified atom stereocenters. The van der Waals surface area contributed by atoms with Gasteiger partial charge in [-0.2, -0.15) is 0 Å². The van der Waals surface area contributed by atoms with Gasteiger partial charge in [-0.25, -0.2) is 4.79 Å². The molecule has 0 aliphatic rings. The number of carbonyl (C=O) groups excluding carboxylic acids is 1. The Hall–Kier alpha value is -3.13. The molecule has 0 bridgehead atoms. The zero-order valence-corrected chi connectivity index (χ0v) is 10.3. The number of amides is 1. The van der Waals surface area contributed by atoms with Crippen LogP contribution in [0, 0.1) is 11.8 Å². The lowest BCUT2D eigenvalue weighted by Crippen LogP contribution is -2.11. The third kappa shape index (κ3) is 3.21. The number of carboxylic acids is 1. The summed E-state index contributed by atoms with van der Waals surface area (Å²) >= 11 is 0. The first-order chi connectivity index (χ1) is 9.56. The van der Waals surface area contributed by atoms with Gasteiger partial charge in [0.2, 0.25) is 5.91 Å². The number of nitrogens with zero attached hydrogens (tertiary/aromatic N) is 1. The number of pyridine rings is 1. The van der Waals surface area contributed by atoms with Gasteiger partial charge < -0.3 is 10.8 Å². The Kier molecular flexibility index (Phi) is 3.77. The molecular formula is C15H10N2O3. The van der Waals surface area contributed by atoms with Crippen molar-refractivity contribution < 1.29 is 14.7 Å². The summed E-state index contributed by atoms with van der Waals surface area (Å²) in [6.07, 6.45) is 2.86. The predicted molar refractivity (Wildman–Crippen MR) is 72.1 cm³/mol. The van der Waals surface area contributed by atoms with Gasteiger partial charge in [-0.3, -0.25) is 9.78 Å². The Morgan fingerprint density at radius 3 is 2.45 bits per heavy atom. The Labute approximate surface area is 115 Å². The number of carboxylic acid groups (broad SMARTS) is 1. The highest BCUT2D eigenvalue weighted by molar-refractivity contribution is 5.92. The number of aromatic nitrogens is 1. The topological polar surface area (TPSA) is 93.3 Å². The van der Waals surface area contributed by atoms with Crippen molar-refractivity contribution in [3.8, 4) is 11.8 Å². The fourth-order valence-corrected chi connectivity index (χ4v) is 1.52. The van der Waals surface area contributed by atoms with Crippen LogP contribution in [0.2, 0.25) is 0 Å². The molecule has 3 N–H and O–H groups in total. The van der Waals surface area contributed by atoms with Crippen molar-refractivity contribution in [1.29, 1.82) is 0 Å². The summed E-state index contributed by atoms with van der Waals surface area (Å²) in [7, 11) is 0. The van der Waals surface area contributed by atoms with Crippen molar-refractivity contribution in [3.63, 3.8) is 0 Å². The Morgan fingerprint density at radius 1 is 1.05 bits per heavy atom. The third-order valence-corrected chi connectivity index (χ3v) is 2.48. The maximum Gasteiger partial charge on any atom is 0.335 e. The lowest BCUT2D eigenvalue weighted by Gasteiger charge is -1.96. The van der Waals surface area contributed by atoms with Gasteiger partial charge in [0.1, 0.15) is 0 Å². The number of primary amides is 1. The average Bonchev–Trinajstić information content (AvgIpc) is 2.45. The quantitative estimate of drug-likeness (QED) is 0.801. The number of carbonyl (C=O) groups is 2. The first-order valence-corrected chi connectivity index (χ1v) is 5.66. The maximum absolute atomic E-state index is 11.0. The number of nitrogens with two attached hydrogens (primary N) is 1. The van der Waals surface area contributed by atoms with Crippen LogP contribution in [0.25, 0.3) is 0 Å². The summed E-state index contributed by atoms with van der Waals surface area (Å²) in [6.45, 7) is 0. The molecule has 1 amide bonds. The highest BCUT2D eigenvalue weighted by Crippen LogP contribution is 2.05. The maximum atomic E-state index is 11.0. The number of hydrogen-bond acceptors (Lipinski definition) is 3. The molecule has 0 saturated heterocycles. The molecule has 5 nitrogen and oxygen atoms in total. The van der Waals surface area contributed by atoms with Crippen LogP contribution in [0.3, 0.4) is 0 Å². The monoisotopic (exact) mass is 266 g/mol. The molecule has 0 radical (unpaired) electrons. The van der Waals surface area contributed by atoms with Crippen molar-refractivity contribution in [3.05, 3.63) is 65.0 Å². The van der Waals surface area contributed by atoms with Crippen molar-refractivity contribution in [1.82, 2.24) is 4.98 Å². The van der Waals surface area contributed by atoms with E-state index in [4.69, 9.17) is 10.8 Å². The molecule has 98 valence electrons. The molecule has 20 heavy (non-hydrogen) atoms. The lowest BCUT2D eigenvalue weighted by molar-refractivity contribution is 0.0696. The van der Waals surface area contributed by atoms with Gasteiger partial charge in [0, 0.05) is 23.5 Å². The molecule has 1 aromatic carbocycles. The van der Waals surface area contributed by atoms with Gasteiger partial charge in [-0.1, -0.05) is 17.9 Å². The SMILES string of the molecule is NC(=O)c1cncc(C#Cc2cccc(C(=O)O)c2)c1. The van der Waals surface area contributed by atoms with Crippen LogP contribution in [0.4, 0.5) is 0 Å². The summed E-state index contributed by atoms with van der Waals surface area (Å²) in [4.78, 5) is 25.7. The molecule has 0 atom stereocenters. The van der Waals surface area contributed by atoms with Crippen LogP contribution >= 0.6 is 0 Å². The zero-order valence-electron chi connectivity index (χ0n) is 10.3. The van der Waals surface area contributed by atoms with Gasteiger partial charge in [0.05, 0.1) is 11.1 Å². The lowest BCUT2D eigenvalue weighted by atomic mass is 10.1. The number of benzene rings is 1. The molecule has 2 rings (SSSR count). The Morgan fingerprint density at radius 2 is 1.75 bits per heavy atom. The predicted octanol–water partition coefficient (Wildman–Crippen LogP) is 1.28. The highest BCUT2D eigenvalue weighted by atomic mass is 16.4. The first kappa shape index (κ1) is 13.3. The molecule has 1 heterocycles. The van der Waals surface area contributed by atoms with E-state index < -0.39 is 11.9 Å². The van der Waals surface area contributed by atoms with E-state index in [-0.39, 0.29) is 11.1 Å². The van der Waals surface area contributed by atoms with Gasteiger partial charge >= 0.3 is 5.97 Å². The van der Waals surface area contributed by atoms with Crippen molar-refractivity contribution in [2.75, 3.05) is 0 Å². The minimum atomic E-state index is -1.01. The Bertz CT molecular complexity index is 681. The molecule has 0 aliphatic heterocycles. The van der Waals surface area contributed by atoms with Crippen LogP contribution in [-0.4, -0.2) is 22.0 Å². The smallest absolute Gasteiger partial charge is 0.335 e. The summed E-state index contributed by atoms with van der Waals surface area (Å²) < 4.78 is 0. The van der Waals surface area contributed by atoms with Crippen LogP contribution in [0.5, 0.6) is 0 Å².